The van der Waals surface area contributed by atoms with Crippen LogP contribution in [0.15, 0.2) is 67.4 Å². The molecule has 166 valence electrons. The lowest BCUT2D eigenvalue weighted by Gasteiger charge is -2.10. The highest BCUT2D eigenvalue weighted by Crippen LogP contribution is 2.30. The van der Waals surface area contributed by atoms with Crippen molar-refractivity contribution in [1.82, 2.24) is 40.1 Å². The van der Waals surface area contributed by atoms with Crippen LogP contribution in [0.1, 0.15) is 13.8 Å². The summed E-state index contributed by atoms with van der Waals surface area (Å²) in [5.74, 6) is 0.627. The Morgan fingerprint density at radius 2 is 1.65 bits per heavy atom. The van der Waals surface area contributed by atoms with E-state index in [1.165, 1.54) is 0 Å². The molecule has 6 rings (SSSR count). The topological polar surface area (TPSA) is 121 Å². The highest BCUT2D eigenvalue weighted by molar-refractivity contribution is 5.95. The molecule has 3 N–H and O–H groups in total. The molecule has 0 saturated carbocycles. The average Bonchev–Trinajstić information content (AvgIpc) is 3.48. The third-order valence-electron chi connectivity index (χ3n) is 5.48. The van der Waals surface area contributed by atoms with Gasteiger partial charge in [0, 0.05) is 48.2 Å². The van der Waals surface area contributed by atoms with Crippen molar-refractivity contribution in [2.45, 2.75) is 19.9 Å². The first-order valence-corrected chi connectivity index (χ1v) is 11.0. The van der Waals surface area contributed by atoms with Crippen molar-refractivity contribution < 1.29 is 0 Å². The Hall–Kier alpha value is -4.66. The normalized spacial score (nSPS) is 11.5. The molecular weight excluding hydrogens is 426 g/mol. The van der Waals surface area contributed by atoms with Gasteiger partial charge in [-0.1, -0.05) is 0 Å². The van der Waals surface area contributed by atoms with Crippen LogP contribution in [0, 0.1) is 0 Å². The van der Waals surface area contributed by atoms with E-state index in [-0.39, 0.29) is 0 Å². The minimum absolute atomic E-state index is 0.313. The van der Waals surface area contributed by atoms with Gasteiger partial charge in [-0.25, -0.2) is 9.97 Å². The van der Waals surface area contributed by atoms with Gasteiger partial charge < -0.3 is 10.3 Å². The van der Waals surface area contributed by atoms with E-state index in [2.05, 4.69) is 55.4 Å². The standard InChI is InChI=1S/C25H21N9/c1-14(2)29-17-11-16(12-27-13-17)18-3-4-20-23(30-18)24(34-33-20)25-31-19-7-10-28-21(22(19)32-25)15-5-8-26-9-6-15/h3-14,29H,1-2H3,(H,31,32)(H,33,34). The highest BCUT2D eigenvalue weighted by Gasteiger charge is 2.17. The zero-order valence-electron chi connectivity index (χ0n) is 18.6. The van der Waals surface area contributed by atoms with Crippen molar-refractivity contribution in [2.24, 2.45) is 0 Å². The smallest absolute Gasteiger partial charge is 0.161 e. The first-order chi connectivity index (χ1) is 16.7. The lowest BCUT2D eigenvalue weighted by molar-refractivity contribution is 0.898. The Morgan fingerprint density at radius 1 is 0.794 bits per heavy atom. The van der Waals surface area contributed by atoms with E-state index in [0.717, 1.165) is 50.3 Å². The van der Waals surface area contributed by atoms with E-state index >= 15 is 0 Å². The zero-order chi connectivity index (χ0) is 23.1. The molecular formula is C25H21N9. The molecule has 0 radical (unpaired) electrons. The maximum Gasteiger partial charge on any atom is 0.161 e. The highest BCUT2D eigenvalue weighted by atomic mass is 15.2. The van der Waals surface area contributed by atoms with Crippen LogP contribution in [0.5, 0.6) is 0 Å². The number of hydrogen-bond acceptors (Lipinski definition) is 7. The van der Waals surface area contributed by atoms with Crippen molar-refractivity contribution in [2.75, 3.05) is 5.32 Å². The third-order valence-corrected chi connectivity index (χ3v) is 5.48. The van der Waals surface area contributed by atoms with Crippen LogP contribution in [0.2, 0.25) is 0 Å². The van der Waals surface area contributed by atoms with Gasteiger partial charge in [-0.3, -0.25) is 20.1 Å². The lowest BCUT2D eigenvalue weighted by atomic mass is 10.1. The molecule has 6 aromatic heterocycles. The molecule has 0 unspecified atom stereocenters. The Morgan fingerprint density at radius 3 is 2.50 bits per heavy atom. The summed E-state index contributed by atoms with van der Waals surface area (Å²) in [6.07, 6.45) is 8.89. The molecule has 6 heterocycles. The van der Waals surface area contributed by atoms with Gasteiger partial charge in [-0.05, 0) is 50.2 Å². The number of aromatic nitrogens is 8. The van der Waals surface area contributed by atoms with Crippen LogP contribution in [0.25, 0.3) is 56.1 Å². The van der Waals surface area contributed by atoms with Gasteiger partial charge in [0.2, 0.25) is 0 Å². The van der Waals surface area contributed by atoms with Gasteiger partial charge in [-0.15, -0.1) is 0 Å². The van der Waals surface area contributed by atoms with E-state index in [1.807, 2.05) is 42.7 Å². The summed E-state index contributed by atoms with van der Waals surface area (Å²) in [4.78, 5) is 26.2. The molecule has 0 aliphatic carbocycles. The molecule has 0 spiro atoms. The number of aromatic amines is 2. The SMILES string of the molecule is CC(C)Nc1cncc(-c2ccc3[nH]nc(-c4nc5c(-c6ccncc6)nccc5[nH]4)c3n2)c1. The maximum absolute atomic E-state index is 4.91. The van der Waals surface area contributed by atoms with Gasteiger partial charge in [0.1, 0.15) is 11.0 Å². The Balaban J connectivity index is 1.45. The molecule has 0 amide bonds. The molecule has 0 aliphatic heterocycles. The fraction of sp³-hybridized carbons (Fsp3) is 0.120. The fourth-order valence-electron chi connectivity index (χ4n) is 3.99. The Bertz CT molecular complexity index is 1620. The van der Waals surface area contributed by atoms with E-state index in [0.29, 0.717) is 17.6 Å². The summed E-state index contributed by atoms with van der Waals surface area (Å²) in [6.45, 7) is 4.19. The molecule has 0 atom stereocenters. The number of nitrogens with one attached hydrogen (secondary N) is 3. The van der Waals surface area contributed by atoms with Gasteiger partial charge >= 0.3 is 0 Å². The first-order valence-electron chi connectivity index (χ1n) is 11.0. The second kappa shape index (κ2) is 8.04. The van der Waals surface area contributed by atoms with E-state index in [1.54, 1.807) is 18.6 Å². The number of anilines is 1. The van der Waals surface area contributed by atoms with Crippen LogP contribution < -0.4 is 5.32 Å². The quantitative estimate of drug-likeness (QED) is 0.346. The minimum Gasteiger partial charge on any atom is -0.382 e. The fourth-order valence-corrected chi connectivity index (χ4v) is 3.99. The van der Waals surface area contributed by atoms with Crippen LogP contribution in [-0.4, -0.2) is 46.1 Å². The summed E-state index contributed by atoms with van der Waals surface area (Å²) in [5, 5.41) is 11.0. The molecule has 0 saturated heterocycles. The summed E-state index contributed by atoms with van der Waals surface area (Å²) >= 11 is 0. The first kappa shape index (κ1) is 20.0. The van der Waals surface area contributed by atoms with Crippen LogP contribution >= 0.6 is 0 Å². The predicted molar refractivity (Wildman–Crippen MR) is 132 cm³/mol. The number of fused-ring (bicyclic) bond motifs is 2. The molecule has 0 fully saturated rings. The largest absolute Gasteiger partial charge is 0.382 e. The molecule has 0 bridgehead atoms. The number of hydrogen-bond donors (Lipinski definition) is 3. The maximum atomic E-state index is 4.91. The average molecular weight is 448 g/mol. The van der Waals surface area contributed by atoms with Crippen LogP contribution in [-0.2, 0) is 0 Å². The van der Waals surface area contributed by atoms with E-state index in [9.17, 15) is 0 Å². The number of H-pyrrole nitrogens is 2. The number of pyridine rings is 4. The van der Waals surface area contributed by atoms with Gasteiger partial charge in [0.15, 0.2) is 11.5 Å². The van der Waals surface area contributed by atoms with Gasteiger partial charge in [0.05, 0.1) is 28.1 Å². The molecule has 9 nitrogen and oxygen atoms in total. The van der Waals surface area contributed by atoms with Crippen molar-refractivity contribution in [1.29, 1.82) is 0 Å². The summed E-state index contributed by atoms with van der Waals surface area (Å²) in [5.41, 5.74) is 8.29. The van der Waals surface area contributed by atoms with Crippen LogP contribution in [0.3, 0.4) is 0 Å². The predicted octanol–water partition coefficient (Wildman–Crippen LogP) is 4.84. The second-order valence-corrected chi connectivity index (χ2v) is 8.30. The van der Waals surface area contributed by atoms with Crippen molar-refractivity contribution in [3.63, 3.8) is 0 Å². The molecule has 34 heavy (non-hydrogen) atoms. The van der Waals surface area contributed by atoms with Crippen molar-refractivity contribution in [3.05, 3.63) is 67.4 Å². The van der Waals surface area contributed by atoms with Gasteiger partial charge in [0.25, 0.3) is 0 Å². The minimum atomic E-state index is 0.313. The number of rotatable bonds is 5. The molecule has 0 aliphatic rings. The summed E-state index contributed by atoms with van der Waals surface area (Å²) < 4.78 is 0. The Kier molecular flexibility index (Phi) is 4.72. The van der Waals surface area contributed by atoms with Crippen molar-refractivity contribution in [3.8, 4) is 34.0 Å². The van der Waals surface area contributed by atoms with E-state index < -0.39 is 0 Å². The monoisotopic (exact) mass is 447 g/mol. The van der Waals surface area contributed by atoms with Crippen molar-refractivity contribution >= 4 is 27.8 Å². The molecule has 9 heteroatoms. The number of imidazole rings is 1. The number of nitrogens with zero attached hydrogens (tertiary/aromatic N) is 6. The molecule has 6 aromatic rings. The van der Waals surface area contributed by atoms with Crippen LogP contribution in [0.4, 0.5) is 5.69 Å². The Labute approximate surface area is 194 Å². The second-order valence-electron chi connectivity index (χ2n) is 8.30. The lowest BCUT2D eigenvalue weighted by Crippen LogP contribution is -2.09. The third kappa shape index (κ3) is 3.53. The van der Waals surface area contributed by atoms with Gasteiger partial charge in [-0.2, -0.15) is 5.10 Å². The zero-order valence-corrected chi connectivity index (χ0v) is 18.6. The van der Waals surface area contributed by atoms with E-state index in [4.69, 9.17) is 9.97 Å². The summed E-state index contributed by atoms with van der Waals surface area (Å²) in [6, 6.07) is 12.0. The molecule has 0 aromatic carbocycles. The summed E-state index contributed by atoms with van der Waals surface area (Å²) in [7, 11) is 0.